The lowest BCUT2D eigenvalue weighted by Crippen LogP contribution is -2.29. The van der Waals surface area contributed by atoms with Gasteiger partial charge in [-0.25, -0.2) is 8.78 Å². The van der Waals surface area contributed by atoms with Gasteiger partial charge in [-0.3, -0.25) is 9.69 Å². The van der Waals surface area contributed by atoms with Crippen LogP contribution in [0.15, 0.2) is 75.4 Å². The van der Waals surface area contributed by atoms with Crippen molar-refractivity contribution in [2.75, 3.05) is 6.54 Å². The highest BCUT2D eigenvalue weighted by molar-refractivity contribution is 8.19. The van der Waals surface area contributed by atoms with E-state index >= 15 is 0 Å². The van der Waals surface area contributed by atoms with Crippen molar-refractivity contribution in [1.29, 1.82) is 0 Å². The Morgan fingerprint density at radius 1 is 1.11 bits per heavy atom. The van der Waals surface area contributed by atoms with E-state index in [4.69, 9.17) is 0 Å². The molecule has 0 atom stereocenters. The van der Waals surface area contributed by atoms with E-state index < -0.39 is 27.6 Å². The van der Waals surface area contributed by atoms with Crippen LogP contribution in [0.5, 0.6) is 0 Å². The summed E-state index contributed by atoms with van der Waals surface area (Å²) in [6, 6.07) is 10.1. The molecule has 0 spiro atoms. The van der Waals surface area contributed by atoms with Gasteiger partial charge in [-0.1, -0.05) is 24.3 Å². The van der Waals surface area contributed by atoms with Gasteiger partial charge in [0.1, 0.15) is 11.6 Å². The molecule has 9 heteroatoms. The molecule has 0 aliphatic carbocycles. The van der Waals surface area contributed by atoms with Crippen LogP contribution >= 0.6 is 11.8 Å². The van der Waals surface area contributed by atoms with Crippen LogP contribution in [0, 0.1) is 11.6 Å². The topological polar surface area (TPSA) is 66.8 Å². The van der Waals surface area contributed by atoms with Crippen LogP contribution < -0.4 is 0 Å². The number of nitrogens with zero attached hydrogens (tertiary/aromatic N) is 2. The molecule has 144 valence electrons. The van der Waals surface area contributed by atoms with Crippen LogP contribution in [0.4, 0.5) is 8.78 Å². The van der Waals surface area contributed by atoms with Crippen molar-refractivity contribution in [1.82, 2.24) is 4.90 Å². The summed E-state index contributed by atoms with van der Waals surface area (Å²) in [4.78, 5) is 13.7. The summed E-state index contributed by atoms with van der Waals surface area (Å²) in [5.74, 6) is -1.61. The van der Waals surface area contributed by atoms with E-state index in [0.29, 0.717) is 0 Å². The van der Waals surface area contributed by atoms with Crippen LogP contribution in [-0.2, 0) is 14.8 Å². The molecule has 1 aliphatic heterocycles. The van der Waals surface area contributed by atoms with Gasteiger partial charge in [0, 0.05) is 12.1 Å². The number of benzene rings is 2. The van der Waals surface area contributed by atoms with E-state index in [-0.39, 0.29) is 27.1 Å². The molecule has 1 aliphatic rings. The van der Waals surface area contributed by atoms with E-state index in [1.54, 1.807) is 6.07 Å². The lowest BCUT2D eigenvalue weighted by Gasteiger charge is -2.12. The number of carbonyl (C=O) groups excluding carboxylic acids is 1. The molecule has 1 amide bonds. The molecular formula is C19H14F2N2O3S2. The summed E-state index contributed by atoms with van der Waals surface area (Å²) >= 11 is 0.815. The maximum absolute atomic E-state index is 13.9. The molecule has 1 fully saturated rings. The zero-order valence-corrected chi connectivity index (χ0v) is 16.0. The average molecular weight is 420 g/mol. The first-order valence-electron chi connectivity index (χ1n) is 7.99. The molecule has 0 unspecified atom stereocenters. The minimum atomic E-state index is -4.17. The summed E-state index contributed by atoms with van der Waals surface area (Å²) in [5, 5.41) is -0.0863. The summed E-state index contributed by atoms with van der Waals surface area (Å²) in [7, 11) is -4.17. The Hall–Kier alpha value is -2.78. The van der Waals surface area contributed by atoms with Crippen LogP contribution in [0.2, 0.25) is 0 Å². The molecule has 3 rings (SSSR count). The molecule has 0 radical (unpaired) electrons. The quantitative estimate of drug-likeness (QED) is 0.545. The molecule has 5 nitrogen and oxygen atoms in total. The third-order valence-corrected chi connectivity index (χ3v) is 6.10. The van der Waals surface area contributed by atoms with Gasteiger partial charge in [0.15, 0.2) is 5.17 Å². The lowest BCUT2D eigenvalue weighted by molar-refractivity contribution is -0.121. The summed E-state index contributed by atoms with van der Waals surface area (Å²) in [5.41, 5.74) is 0.194. The van der Waals surface area contributed by atoms with Gasteiger partial charge in [-0.2, -0.15) is 8.42 Å². The van der Waals surface area contributed by atoms with Crippen molar-refractivity contribution < 1.29 is 22.0 Å². The van der Waals surface area contributed by atoms with Gasteiger partial charge in [0.05, 0.1) is 9.80 Å². The molecular weight excluding hydrogens is 406 g/mol. The number of sulfonamides is 1. The maximum atomic E-state index is 13.9. The van der Waals surface area contributed by atoms with Crippen LogP contribution in [-0.4, -0.2) is 30.9 Å². The fraction of sp³-hybridized carbons (Fsp3) is 0.0526. The van der Waals surface area contributed by atoms with E-state index in [1.165, 1.54) is 30.4 Å². The average Bonchev–Trinajstić information content (AvgIpc) is 2.92. The highest BCUT2D eigenvalue weighted by Gasteiger charge is 2.34. The number of hydrogen-bond acceptors (Lipinski definition) is 4. The smallest absolute Gasteiger partial charge is 0.282 e. The lowest BCUT2D eigenvalue weighted by atomic mass is 10.2. The molecule has 0 aromatic heterocycles. The minimum absolute atomic E-state index is 0.0260. The SMILES string of the molecule is C=CCN1C(=O)/C(=C/c2ccccc2F)SC1=NS(=O)(=O)c1ccc(F)cc1. The van der Waals surface area contributed by atoms with Crippen molar-refractivity contribution >= 4 is 38.9 Å². The molecule has 0 saturated carbocycles. The number of rotatable bonds is 5. The summed E-state index contributed by atoms with van der Waals surface area (Å²) in [6.45, 7) is 3.58. The van der Waals surface area contributed by atoms with Gasteiger partial charge in [0.25, 0.3) is 15.9 Å². The number of halogens is 2. The largest absolute Gasteiger partial charge is 0.284 e. The number of amidine groups is 1. The third-order valence-electron chi connectivity index (χ3n) is 3.70. The van der Waals surface area contributed by atoms with E-state index in [2.05, 4.69) is 11.0 Å². The van der Waals surface area contributed by atoms with Gasteiger partial charge < -0.3 is 0 Å². The fourth-order valence-electron chi connectivity index (χ4n) is 2.36. The normalized spacial score (nSPS) is 17.5. The Balaban J connectivity index is 2.01. The van der Waals surface area contributed by atoms with Crippen LogP contribution in [0.25, 0.3) is 6.08 Å². The highest BCUT2D eigenvalue weighted by atomic mass is 32.2. The third kappa shape index (κ3) is 4.20. The van der Waals surface area contributed by atoms with Crippen molar-refractivity contribution in [3.63, 3.8) is 0 Å². The standard InChI is InChI=1S/C19H14F2N2O3S2/c1-2-11-23-18(24)17(12-13-5-3-4-6-16(13)21)27-19(23)22-28(25,26)15-9-7-14(20)8-10-15/h2-10,12H,1,11H2/b17-12-,22-19?. The molecule has 1 heterocycles. The second kappa shape index (κ2) is 8.07. The van der Waals surface area contributed by atoms with Crippen molar-refractivity contribution in [3.8, 4) is 0 Å². The minimum Gasteiger partial charge on any atom is -0.282 e. The predicted octanol–water partition coefficient (Wildman–Crippen LogP) is 3.81. The molecule has 1 saturated heterocycles. The van der Waals surface area contributed by atoms with E-state index in [9.17, 15) is 22.0 Å². The first-order valence-corrected chi connectivity index (χ1v) is 10.2. The second-order valence-electron chi connectivity index (χ2n) is 5.64. The monoisotopic (exact) mass is 420 g/mol. The summed E-state index contributed by atoms with van der Waals surface area (Å²) < 4.78 is 55.7. The highest BCUT2D eigenvalue weighted by Crippen LogP contribution is 2.34. The van der Waals surface area contributed by atoms with Gasteiger partial charge in [0.2, 0.25) is 0 Å². The Bertz CT molecular complexity index is 1090. The van der Waals surface area contributed by atoms with Crippen molar-refractivity contribution in [2.45, 2.75) is 4.90 Å². The second-order valence-corrected chi connectivity index (χ2v) is 8.25. The summed E-state index contributed by atoms with van der Waals surface area (Å²) in [6.07, 6.45) is 2.76. The Kier molecular flexibility index (Phi) is 5.76. The van der Waals surface area contributed by atoms with Gasteiger partial charge >= 0.3 is 0 Å². The molecule has 2 aromatic carbocycles. The molecule has 0 bridgehead atoms. The fourth-order valence-corrected chi connectivity index (χ4v) is 4.54. The van der Waals surface area contributed by atoms with E-state index in [1.807, 2.05) is 0 Å². The zero-order chi connectivity index (χ0) is 20.3. The first-order chi connectivity index (χ1) is 13.3. The Morgan fingerprint density at radius 2 is 1.79 bits per heavy atom. The first kappa shape index (κ1) is 20.0. The molecule has 28 heavy (non-hydrogen) atoms. The Morgan fingerprint density at radius 3 is 2.43 bits per heavy atom. The number of carbonyl (C=O) groups is 1. The van der Waals surface area contributed by atoms with Crippen LogP contribution in [0.1, 0.15) is 5.56 Å². The van der Waals surface area contributed by atoms with Crippen molar-refractivity contribution in [2.24, 2.45) is 4.40 Å². The van der Waals surface area contributed by atoms with Gasteiger partial charge in [-0.15, -0.1) is 11.0 Å². The maximum Gasteiger partial charge on any atom is 0.284 e. The van der Waals surface area contributed by atoms with Gasteiger partial charge in [-0.05, 0) is 48.2 Å². The zero-order valence-electron chi connectivity index (χ0n) is 14.4. The number of thioether (sulfide) groups is 1. The number of hydrogen-bond donors (Lipinski definition) is 0. The van der Waals surface area contributed by atoms with Crippen LogP contribution in [0.3, 0.4) is 0 Å². The van der Waals surface area contributed by atoms with E-state index in [0.717, 1.165) is 40.9 Å². The van der Waals surface area contributed by atoms with Crippen molar-refractivity contribution in [3.05, 3.63) is 83.3 Å². The Labute approximate surface area is 165 Å². The number of amides is 1. The molecule has 0 N–H and O–H groups in total. The molecule has 2 aromatic rings. The predicted molar refractivity (Wildman–Crippen MR) is 105 cm³/mol.